The summed E-state index contributed by atoms with van der Waals surface area (Å²) >= 11 is 0. The van der Waals surface area contributed by atoms with Crippen molar-refractivity contribution in [3.8, 4) is 5.95 Å². The number of carbonyl (C=O) groups excluding carboxylic acids is 1. The maximum Gasteiger partial charge on any atom is 0.401 e. The molecule has 3 aromatic heterocycles. The first-order chi connectivity index (χ1) is 14.2. The molecule has 1 amide bonds. The average molecular weight is 421 g/mol. The molecule has 3 aliphatic rings. The van der Waals surface area contributed by atoms with Gasteiger partial charge in [-0.1, -0.05) is 0 Å². The van der Waals surface area contributed by atoms with E-state index < -0.39 is 12.7 Å². The monoisotopic (exact) mass is 421 g/mol. The van der Waals surface area contributed by atoms with Crippen molar-refractivity contribution in [2.75, 3.05) is 19.6 Å². The van der Waals surface area contributed by atoms with Crippen LogP contribution in [-0.2, 0) is 0 Å². The highest BCUT2D eigenvalue weighted by Crippen LogP contribution is 2.35. The fourth-order valence-electron chi connectivity index (χ4n) is 4.35. The van der Waals surface area contributed by atoms with Gasteiger partial charge in [-0.25, -0.2) is 9.20 Å². The molecule has 2 bridgehead atoms. The summed E-state index contributed by atoms with van der Waals surface area (Å²) in [5.74, 6) is -0.123. The molecule has 3 saturated heterocycles. The third-order valence-electron chi connectivity index (χ3n) is 5.82. The Bertz CT molecular complexity index is 1180. The number of hydrogen-bond acceptors (Lipinski definition) is 5. The van der Waals surface area contributed by atoms with Crippen molar-refractivity contribution in [3.63, 3.8) is 0 Å². The first-order valence-corrected chi connectivity index (χ1v) is 9.46. The number of carbonyl (C=O) groups is 1. The maximum atomic E-state index is 13.0. The van der Waals surface area contributed by atoms with E-state index in [1.165, 1.54) is 20.3 Å². The molecule has 0 aromatic carbocycles. The number of H-pyrrole nitrogens is 1. The van der Waals surface area contributed by atoms with Crippen LogP contribution in [0.4, 0.5) is 13.2 Å². The van der Waals surface area contributed by atoms with Gasteiger partial charge < -0.3 is 4.90 Å². The van der Waals surface area contributed by atoms with E-state index in [1.54, 1.807) is 30.2 Å². The van der Waals surface area contributed by atoms with E-state index in [-0.39, 0.29) is 42.6 Å². The lowest BCUT2D eigenvalue weighted by Gasteiger charge is -2.56. The highest BCUT2D eigenvalue weighted by molar-refractivity contribution is 5.95. The van der Waals surface area contributed by atoms with E-state index in [2.05, 4.69) is 15.2 Å². The summed E-state index contributed by atoms with van der Waals surface area (Å²) < 4.78 is 40.9. The van der Waals surface area contributed by atoms with Crippen molar-refractivity contribution < 1.29 is 18.0 Å². The predicted octanol–water partition coefficient (Wildman–Crippen LogP) is 0.978. The Morgan fingerprint density at radius 2 is 2.03 bits per heavy atom. The minimum atomic E-state index is -4.24. The van der Waals surface area contributed by atoms with Crippen molar-refractivity contribution in [1.82, 2.24) is 34.2 Å². The quantitative estimate of drug-likeness (QED) is 0.681. The number of amides is 1. The topological polar surface area (TPSA) is 91.5 Å². The minimum Gasteiger partial charge on any atom is -0.335 e. The molecule has 0 aliphatic carbocycles. The Morgan fingerprint density at radius 3 is 2.73 bits per heavy atom. The second-order valence-electron chi connectivity index (χ2n) is 7.71. The lowest BCUT2D eigenvalue weighted by molar-refractivity contribution is -0.184. The van der Waals surface area contributed by atoms with E-state index in [0.717, 1.165) is 0 Å². The third kappa shape index (κ3) is 2.98. The van der Waals surface area contributed by atoms with Crippen LogP contribution in [0, 0.1) is 6.92 Å². The standard InChI is InChI=1S/C18H18F3N7O2/c1-10-13(6-22-28(10)17-23-15(29)14-3-2-4-27(14)24-17)16(30)25-7-11-5-12(8-25)26(11)9-18(19,20)21/h2-4,6,11-12H,5,7-9H2,1H3,(H,23,24,29). The number of fused-ring (bicyclic) bond motifs is 3. The Labute approximate surface area is 167 Å². The van der Waals surface area contributed by atoms with Crippen LogP contribution in [0.3, 0.4) is 0 Å². The number of nitrogens with zero attached hydrogens (tertiary/aromatic N) is 6. The van der Waals surface area contributed by atoms with E-state index in [0.29, 0.717) is 23.2 Å². The van der Waals surface area contributed by atoms with Crippen LogP contribution >= 0.6 is 0 Å². The van der Waals surface area contributed by atoms with E-state index >= 15 is 0 Å². The smallest absolute Gasteiger partial charge is 0.335 e. The summed E-state index contributed by atoms with van der Waals surface area (Å²) in [7, 11) is 0. The summed E-state index contributed by atoms with van der Waals surface area (Å²) in [6.07, 6.45) is -0.553. The number of aromatic nitrogens is 5. The van der Waals surface area contributed by atoms with E-state index in [4.69, 9.17) is 0 Å². The van der Waals surface area contributed by atoms with Crippen molar-refractivity contribution in [2.45, 2.75) is 31.6 Å². The van der Waals surface area contributed by atoms with Crippen molar-refractivity contribution in [3.05, 3.63) is 46.1 Å². The zero-order chi connectivity index (χ0) is 21.2. The molecule has 30 heavy (non-hydrogen) atoms. The number of hydrogen-bond donors (Lipinski definition) is 1. The van der Waals surface area contributed by atoms with E-state index in [9.17, 15) is 22.8 Å². The van der Waals surface area contributed by atoms with Crippen LogP contribution < -0.4 is 5.56 Å². The fraction of sp³-hybridized carbons (Fsp3) is 0.444. The van der Waals surface area contributed by atoms with Gasteiger partial charge in [0.05, 0.1) is 24.0 Å². The van der Waals surface area contributed by atoms with Crippen molar-refractivity contribution >= 4 is 11.4 Å². The predicted molar refractivity (Wildman–Crippen MR) is 98.5 cm³/mol. The van der Waals surface area contributed by atoms with Crippen LogP contribution in [-0.4, -0.2) is 78.0 Å². The van der Waals surface area contributed by atoms with Crippen LogP contribution in [0.15, 0.2) is 29.3 Å². The molecule has 6 heterocycles. The summed E-state index contributed by atoms with van der Waals surface area (Å²) in [5.41, 5.74) is 0.861. The molecular formula is C18H18F3N7O2. The van der Waals surface area contributed by atoms with Gasteiger partial charge in [0.2, 0.25) is 5.95 Å². The SMILES string of the molecule is Cc1c(C(=O)N2CC3CC(C2)N3CC(F)(F)F)cnn1-c1nn2cccc2c(=O)[nH]1. The molecule has 3 fully saturated rings. The van der Waals surface area contributed by atoms with Gasteiger partial charge in [0.1, 0.15) is 5.52 Å². The highest BCUT2D eigenvalue weighted by atomic mass is 19.4. The fourth-order valence-corrected chi connectivity index (χ4v) is 4.35. The zero-order valence-corrected chi connectivity index (χ0v) is 15.9. The number of alkyl halides is 3. The zero-order valence-electron chi connectivity index (χ0n) is 15.9. The first-order valence-electron chi connectivity index (χ1n) is 9.46. The van der Waals surface area contributed by atoms with Crippen molar-refractivity contribution in [2.24, 2.45) is 0 Å². The largest absolute Gasteiger partial charge is 0.401 e. The second kappa shape index (κ2) is 6.42. The number of piperidine rings is 1. The number of halogens is 3. The molecule has 3 aromatic rings. The minimum absolute atomic E-state index is 0.165. The maximum absolute atomic E-state index is 13.0. The third-order valence-corrected chi connectivity index (χ3v) is 5.82. The number of rotatable bonds is 3. The molecule has 12 heteroatoms. The summed E-state index contributed by atoms with van der Waals surface area (Å²) in [6, 6.07) is 2.76. The van der Waals surface area contributed by atoms with Crippen LogP contribution in [0.1, 0.15) is 22.5 Å². The molecule has 158 valence electrons. The molecule has 0 saturated carbocycles. The molecule has 3 aliphatic heterocycles. The summed E-state index contributed by atoms with van der Waals surface area (Å²) in [6.45, 7) is 1.24. The summed E-state index contributed by atoms with van der Waals surface area (Å²) in [5, 5.41) is 8.49. The van der Waals surface area contributed by atoms with Crippen LogP contribution in [0.25, 0.3) is 11.5 Å². The van der Waals surface area contributed by atoms with Crippen LogP contribution in [0.2, 0.25) is 0 Å². The normalized spacial score (nSPS) is 21.8. The lowest BCUT2D eigenvalue weighted by Crippen LogP contribution is -2.70. The van der Waals surface area contributed by atoms with Crippen LogP contribution in [0.5, 0.6) is 0 Å². The number of nitrogens with one attached hydrogen (secondary N) is 1. The van der Waals surface area contributed by atoms with Gasteiger partial charge in [-0.05, 0) is 25.5 Å². The molecule has 2 atom stereocenters. The Balaban J connectivity index is 1.37. The Morgan fingerprint density at radius 1 is 1.30 bits per heavy atom. The lowest BCUT2D eigenvalue weighted by atomic mass is 9.87. The molecular weight excluding hydrogens is 403 g/mol. The molecule has 9 nitrogen and oxygen atoms in total. The molecule has 6 rings (SSSR count). The van der Waals surface area contributed by atoms with Gasteiger partial charge >= 0.3 is 6.18 Å². The van der Waals surface area contributed by atoms with Gasteiger partial charge in [0.25, 0.3) is 11.5 Å². The Hall–Kier alpha value is -3.15. The van der Waals surface area contributed by atoms with Gasteiger partial charge in [-0.3, -0.25) is 19.5 Å². The van der Waals surface area contributed by atoms with Gasteiger partial charge in [-0.2, -0.15) is 18.3 Å². The Kier molecular flexibility index (Phi) is 4.04. The average Bonchev–Trinajstić information content (AvgIpc) is 3.32. The van der Waals surface area contributed by atoms with Gasteiger partial charge in [0.15, 0.2) is 0 Å². The molecule has 0 radical (unpaired) electrons. The molecule has 1 N–H and O–H groups in total. The number of piperazine rings is 1. The second-order valence-corrected chi connectivity index (χ2v) is 7.71. The molecule has 0 spiro atoms. The van der Waals surface area contributed by atoms with Crippen molar-refractivity contribution in [1.29, 1.82) is 0 Å². The first kappa shape index (κ1) is 18.9. The van der Waals surface area contributed by atoms with Gasteiger partial charge in [-0.15, -0.1) is 5.10 Å². The van der Waals surface area contributed by atoms with Gasteiger partial charge in [0, 0.05) is 31.4 Å². The summed E-state index contributed by atoms with van der Waals surface area (Å²) in [4.78, 5) is 30.8. The van der Waals surface area contributed by atoms with E-state index in [1.807, 2.05) is 0 Å². The molecule has 2 unspecified atom stereocenters. The highest BCUT2D eigenvalue weighted by Gasteiger charge is 2.49. The number of aromatic amines is 1.